The fraction of sp³-hybridized carbons (Fsp3) is 0.833. The summed E-state index contributed by atoms with van der Waals surface area (Å²) in [5.41, 5.74) is 0. The summed E-state index contributed by atoms with van der Waals surface area (Å²) in [4.78, 5) is 0. The summed E-state index contributed by atoms with van der Waals surface area (Å²) in [6.45, 7) is 6.31. The zero-order valence-electron chi connectivity index (χ0n) is 6.84. The molecule has 0 aliphatic heterocycles. The monoisotopic (exact) mass is 178 g/mol. The van der Waals surface area contributed by atoms with Crippen LogP contribution < -0.4 is 5.84 Å². The SMILES string of the molecule is CN(N)C(=S)SC(C)(C)C. The van der Waals surface area contributed by atoms with Crippen molar-refractivity contribution in [1.82, 2.24) is 5.01 Å². The Morgan fingerprint density at radius 2 is 1.90 bits per heavy atom. The summed E-state index contributed by atoms with van der Waals surface area (Å²) in [5.74, 6) is 5.41. The van der Waals surface area contributed by atoms with Crippen molar-refractivity contribution in [3.8, 4) is 0 Å². The van der Waals surface area contributed by atoms with Crippen LogP contribution >= 0.6 is 24.0 Å². The van der Waals surface area contributed by atoms with Crippen molar-refractivity contribution in [2.24, 2.45) is 5.84 Å². The second-order valence-corrected chi connectivity index (χ2v) is 5.55. The molecular weight excluding hydrogens is 164 g/mol. The number of rotatable bonds is 0. The van der Waals surface area contributed by atoms with Gasteiger partial charge in [-0.1, -0.05) is 44.8 Å². The van der Waals surface area contributed by atoms with Gasteiger partial charge in [-0.3, -0.25) is 5.01 Å². The van der Waals surface area contributed by atoms with Gasteiger partial charge in [0.15, 0.2) is 4.32 Å². The van der Waals surface area contributed by atoms with Gasteiger partial charge in [-0.05, 0) is 0 Å². The third kappa shape index (κ3) is 5.02. The third-order valence-electron chi connectivity index (χ3n) is 0.681. The minimum absolute atomic E-state index is 0.157. The van der Waals surface area contributed by atoms with Crippen LogP contribution in [0.1, 0.15) is 20.8 Å². The first-order valence-electron chi connectivity index (χ1n) is 3.04. The van der Waals surface area contributed by atoms with Crippen LogP contribution in [0.2, 0.25) is 0 Å². The van der Waals surface area contributed by atoms with E-state index >= 15 is 0 Å². The summed E-state index contributed by atoms with van der Waals surface area (Å²) in [6.07, 6.45) is 0. The van der Waals surface area contributed by atoms with E-state index < -0.39 is 0 Å². The van der Waals surface area contributed by atoms with Crippen LogP contribution in [0.15, 0.2) is 0 Å². The molecule has 0 aromatic rings. The Kier molecular flexibility index (Phi) is 3.62. The highest BCUT2D eigenvalue weighted by molar-refractivity contribution is 8.23. The van der Waals surface area contributed by atoms with Crippen LogP contribution in [-0.2, 0) is 0 Å². The minimum atomic E-state index is 0.157. The van der Waals surface area contributed by atoms with Crippen molar-refractivity contribution in [3.05, 3.63) is 0 Å². The van der Waals surface area contributed by atoms with E-state index in [0.717, 1.165) is 4.32 Å². The second-order valence-electron chi connectivity index (χ2n) is 3.09. The predicted octanol–water partition coefficient (Wildman–Crippen LogP) is 1.61. The highest BCUT2D eigenvalue weighted by atomic mass is 32.2. The van der Waals surface area contributed by atoms with Crippen LogP contribution in [0.5, 0.6) is 0 Å². The predicted molar refractivity (Wildman–Crippen MR) is 51.9 cm³/mol. The molecule has 0 heterocycles. The zero-order valence-corrected chi connectivity index (χ0v) is 8.47. The van der Waals surface area contributed by atoms with Gasteiger partial charge in [-0.15, -0.1) is 0 Å². The van der Waals surface area contributed by atoms with E-state index in [0.29, 0.717) is 0 Å². The average Bonchev–Trinajstić information content (AvgIpc) is 1.60. The van der Waals surface area contributed by atoms with E-state index in [1.54, 1.807) is 18.8 Å². The number of hydrazine groups is 1. The van der Waals surface area contributed by atoms with Crippen LogP contribution in [0.25, 0.3) is 0 Å². The smallest absolute Gasteiger partial charge is 0.150 e. The Bertz CT molecular complexity index is 126. The number of nitrogens with zero attached hydrogens (tertiary/aromatic N) is 1. The van der Waals surface area contributed by atoms with Gasteiger partial charge in [0.1, 0.15) is 0 Å². The van der Waals surface area contributed by atoms with E-state index in [4.69, 9.17) is 18.1 Å². The molecule has 0 aromatic carbocycles. The third-order valence-corrected chi connectivity index (χ3v) is 2.29. The number of hydrogen-bond donors (Lipinski definition) is 1. The highest BCUT2D eigenvalue weighted by Gasteiger charge is 2.14. The molecule has 60 valence electrons. The van der Waals surface area contributed by atoms with Gasteiger partial charge >= 0.3 is 0 Å². The molecule has 0 amide bonds. The number of thiocarbonyl (C=S) groups is 1. The molecule has 0 unspecified atom stereocenters. The lowest BCUT2D eigenvalue weighted by Gasteiger charge is -2.21. The summed E-state index contributed by atoms with van der Waals surface area (Å²) in [5, 5.41) is 1.46. The van der Waals surface area contributed by atoms with Gasteiger partial charge in [-0.2, -0.15) is 0 Å². The fourth-order valence-electron chi connectivity index (χ4n) is 0.334. The first-order chi connectivity index (χ1) is 4.33. The maximum absolute atomic E-state index is 5.41. The van der Waals surface area contributed by atoms with E-state index in [1.807, 2.05) is 0 Å². The second kappa shape index (κ2) is 3.55. The largest absolute Gasteiger partial charge is 0.299 e. The summed E-state index contributed by atoms with van der Waals surface area (Å²) < 4.78 is 0.887. The Labute approximate surface area is 72.1 Å². The van der Waals surface area contributed by atoms with Crippen LogP contribution in [0.3, 0.4) is 0 Å². The van der Waals surface area contributed by atoms with Crippen LogP contribution in [0, 0.1) is 0 Å². The zero-order chi connectivity index (χ0) is 8.36. The van der Waals surface area contributed by atoms with Crippen molar-refractivity contribution in [1.29, 1.82) is 0 Å². The van der Waals surface area contributed by atoms with E-state index in [2.05, 4.69) is 20.8 Å². The number of hydrogen-bond acceptors (Lipinski definition) is 3. The minimum Gasteiger partial charge on any atom is -0.299 e. The molecule has 0 atom stereocenters. The molecule has 4 heteroatoms. The quantitative estimate of drug-likeness (QED) is 0.347. The molecule has 10 heavy (non-hydrogen) atoms. The van der Waals surface area contributed by atoms with E-state index in [-0.39, 0.29) is 4.75 Å². The summed E-state index contributed by atoms with van der Waals surface area (Å²) in [7, 11) is 1.75. The summed E-state index contributed by atoms with van der Waals surface area (Å²) in [6, 6.07) is 0. The maximum atomic E-state index is 5.41. The Balaban J connectivity index is 3.81. The Morgan fingerprint density at radius 3 is 2.00 bits per heavy atom. The van der Waals surface area contributed by atoms with E-state index in [1.165, 1.54) is 5.01 Å². The van der Waals surface area contributed by atoms with Crippen molar-refractivity contribution < 1.29 is 0 Å². The average molecular weight is 178 g/mol. The van der Waals surface area contributed by atoms with Gasteiger partial charge in [0.05, 0.1) is 0 Å². The maximum Gasteiger partial charge on any atom is 0.150 e. The lowest BCUT2D eigenvalue weighted by Crippen LogP contribution is -2.32. The fourth-order valence-corrected chi connectivity index (χ4v) is 1.75. The standard InChI is InChI=1S/C6H14N2S2/c1-6(2,3)10-5(9)8(4)7/h7H2,1-4H3. The van der Waals surface area contributed by atoms with Gasteiger partial charge in [0, 0.05) is 11.8 Å². The van der Waals surface area contributed by atoms with Gasteiger partial charge in [0.25, 0.3) is 0 Å². The first kappa shape index (κ1) is 10.2. The molecule has 0 bridgehead atoms. The molecule has 0 aromatic heterocycles. The first-order valence-corrected chi connectivity index (χ1v) is 4.27. The van der Waals surface area contributed by atoms with Crippen molar-refractivity contribution in [2.75, 3.05) is 7.05 Å². The molecule has 0 fully saturated rings. The molecule has 0 rings (SSSR count). The lowest BCUT2D eigenvalue weighted by molar-refractivity contribution is 0.559. The molecule has 0 radical (unpaired) electrons. The Morgan fingerprint density at radius 1 is 1.50 bits per heavy atom. The van der Waals surface area contributed by atoms with Crippen molar-refractivity contribution >= 4 is 28.3 Å². The highest BCUT2D eigenvalue weighted by Crippen LogP contribution is 2.24. The van der Waals surface area contributed by atoms with Gasteiger partial charge < -0.3 is 0 Å². The van der Waals surface area contributed by atoms with Crippen LogP contribution in [0.4, 0.5) is 0 Å². The molecule has 0 saturated carbocycles. The van der Waals surface area contributed by atoms with Gasteiger partial charge in [0.2, 0.25) is 0 Å². The Hall–Kier alpha value is 0.200. The number of nitrogens with two attached hydrogens (primary N) is 1. The van der Waals surface area contributed by atoms with Crippen LogP contribution in [-0.4, -0.2) is 21.1 Å². The molecule has 0 spiro atoms. The summed E-state index contributed by atoms with van der Waals surface area (Å²) >= 11 is 6.59. The number of thioether (sulfide) groups is 1. The molecule has 2 nitrogen and oxygen atoms in total. The lowest BCUT2D eigenvalue weighted by atomic mass is 10.3. The normalized spacial score (nSPS) is 11.3. The topological polar surface area (TPSA) is 29.3 Å². The van der Waals surface area contributed by atoms with Crippen molar-refractivity contribution in [2.45, 2.75) is 25.5 Å². The van der Waals surface area contributed by atoms with E-state index in [9.17, 15) is 0 Å². The molecular formula is C6H14N2S2. The molecule has 2 N–H and O–H groups in total. The molecule has 0 saturated heterocycles. The molecule has 0 aliphatic rings. The van der Waals surface area contributed by atoms with Gasteiger partial charge in [-0.25, -0.2) is 5.84 Å². The molecule has 0 aliphatic carbocycles. The van der Waals surface area contributed by atoms with Crippen molar-refractivity contribution in [3.63, 3.8) is 0 Å².